The van der Waals surface area contributed by atoms with Gasteiger partial charge in [0.05, 0.1) is 0 Å². The van der Waals surface area contributed by atoms with Gasteiger partial charge in [-0.05, 0) is 22.9 Å². The van der Waals surface area contributed by atoms with E-state index in [9.17, 15) is 9.59 Å². The van der Waals surface area contributed by atoms with Crippen LogP contribution in [0.5, 0.6) is 0 Å². The first-order valence-corrected chi connectivity index (χ1v) is 5.26. The monoisotopic (exact) mass is 223 g/mol. The van der Waals surface area contributed by atoms with Crippen molar-refractivity contribution in [3.8, 4) is 0 Å². The molecule has 0 amide bonds. The van der Waals surface area contributed by atoms with Crippen LogP contribution in [0.2, 0.25) is 0 Å². The largest absolute Gasteiger partial charge is 0.398 e. The Morgan fingerprint density at radius 1 is 0.882 bits per heavy atom. The number of nitrogens with two attached hydrogens (primary N) is 1. The number of carbonyl (C=O) groups is 2. The van der Waals surface area contributed by atoms with Crippen LogP contribution in [0.3, 0.4) is 0 Å². The molecule has 2 aromatic carbocycles. The standard InChI is InChI=1S/C14H9NO2/c15-12-7-13(16)14(17)11-6-9-4-2-1-3-8(9)5-10(11)12/h1-7H,15H2. The van der Waals surface area contributed by atoms with Crippen molar-refractivity contribution in [2.24, 2.45) is 5.73 Å². The van der Waals surface area contributed by atoms with Crippen LogP contribution >= 0.6 is 0 Å². The molecule has 3 nitrogen and oxygen atoms in total. The molecule has 2 N–H and O–H groups in total. The number of fused-ring (bicyclic) bond motifs is 2. The molecule has 0 aliphatic heterocycles. The highest BCUT2D eigenvalue weighted by molar-refractivity contribution is 6.50. The Balaban J connectivity index is 2.40. The first-order valence-electron chi connectivity index (χ1n) is 5.26. The molecule has 82 valence electrons. The summed E-state index contributed by atoms with van der Waals surface area (Å²) in [6, 6.07) is 11.2. The van der Waals surface area contributed by atoms with Gasteiger partial charge in [0.25, 0.3) is 0 Å². The van der Waals surface area contributed by atoms with Crippen LogP contribution in [0.15, 0.2) is 42.5 Å². The summed E-state index contributed by atoms with van der Waals surface area (Å²) in [6.07, 6.45) is 1.19. The first-order chi connectivity index (χ1) is 8.16. The Kier molecular flexibility index (Phi) is 1.89. The summed E-state index contributed by atoms with van der Waals surface area (Å²) in [4.78, 5) is 23.2. The fraction of sp³-hybridized carbons (Fsp3) is 0. The van der Waals surface area contributed by atoms with Crippen molar-refractivity contribution in [1.82, 2.24) is 0 Å². The predicted octanol–water partition coefficient (Wildman–Crippen LogP) is 1.90. The lowest BCUT2D eigenvalue weighted by Gasteiger charge is -2.14. The minimum absolute atomic E-state index is 0.357. The third-order valence-electron chi connectivity index (χ3n) is 2.95. The molecule has 0 bridgehead atoms. The van der Waals surface area contributed by atoms with E-state index in [0.717, 1.165) is 10.8 Å². The van der Waals surface area contributed by atoms with Crippen LogP contribution in [-0.2, 0) is 4.79 Å². The lowest BCUT2D eigenvalue weighted by atomic mass is 9.90. The van der Waals surface area contributed by atoms with Crippen LogP contribution in [0.4, 0.5) is 0 Å². The SMILES string of the molecule is NC1=CC(=O)C(=O)c2cc3ccccc3cc21. The van der Waals surface area contributed by atoms with E-state index in [-0.39, 0.29) is 0 Å². The van der Waals surface area contributed by atoms with E-state index in [4.69, 9.17) is 5.73 Å². The van der Waals surface area contributed by atoms with Gasteiger partial charge in [0, 0.05) is 22.9 Å². The van der Waals surface area contributed by atoms with Crippen molar-refractivity contribution < 1.29 is 9.59 Å². The smallest absolute Gasteiger partial charge is 0.233 e. The number of benzene rings is 2. The predicted molar refractivity (Wildman–Crippen MR) is 65.4 cm³/mol. The number of allylic oxidation sites excluding steroid dienone is 1. The summed E-state index contributed by atoms with van der Waals surface area (Å²) in [6.45, 7) is 0. The molecule has 1 aliphatic rings. The highest BCUT2D eigenvalue weighted by Gasteiger charge is 2.24. The van der Waals surface area contributed by atoms with Crippen molar-refractivity contribution in [3.05, 3.63) is 53.6 Å². The number of hydrogen-bond donors (Lipinski definition) is 1. The summed E-state index contributed by atoms with van der Waals surface area (Å²) >= 11 is 0. The van der Waals surface area contributed by atoms with Gasteiger partial charge < -0.3 is 5.73 Å². The summed E-state index contributed by atoms with van der Waals surface area (Å²) in [5.74, 6) is -1.04. The Morgan fingerprint density at radius 2 is 1.47 bits per heavy atom. The molecule has 3 heteroatoms. The van der Waals surface area contributed by atoms with Crippen molar-refractivity contribution >= 4 is 28.0 Å². The van der Waals surface area contributed by atoms with Crippen LogP contribution in [0.25, 0.3) is 16.5 Å². The van der Waals surface area contributed by atoms with Gasteiger partial charge in [0.1, 0.15) is 0 Å². The molecule has 0 atom stereocenters. The fourth-order valence-electron chi connectivity index (χ4n) is 2.08. The van der Waals surface area contributed by atoms with E-state index < -0.39 is 11.6 Å². The summed E-state index contributed by atoms with van der Waals surface area (Å²) < 4.78 is 0. The second kappa shape index (κ2) is 3.28. The quantitative estimate of drug-likeness (QED) is 0.694. The van der Waals surface area contributed by atoms with Crippen molar-refractivity contribution in [1.29, 1.82) is 0 Å². The average molecular weight is 223 g/mol. The van der Waals surface area contributed by atoms with E-state index >= 15 is 0 Å². The second-order valence-corrected chi connectivity index (χ2v) is 4.04. The number of rotatable bonds is 0. The molecule has 0 heterocycles. The molecule has 0 aromatic heterocycles. The molecule has 3 rings (SSSR count). The Hall–Kier alpha value is -2.42. The third kappa shape index (κ3) is 1.36. The Morgan fingerprint density at radius 3 is 2.12 bits per heavy atom. The van der Waals surface area contributed by atoms with Crippen LogP contribution < -0.4 is 5.73 Å². The average Bonchev–Trinajstić information content (AvgIpc) is 2.34. The highest BCUT2D eigenvalue weighted by Crippen LogP contribution is 2.27. The zero-order valence-corrected chi connectivity index (χ0v) is 8.94. The molecule has 0 unspecified atom stereocenters. The van der Waals surface area contributed by atoms with Gasteiger partial charge >= 0.3 is 0 Å². The van der Waals surface area contributed by atoms with Crippen LogP contribution in [0.1, 0.15) is 15.9 Å². The minimum Gasteiger partial charge on any atom is -0.398 e. The van der Waals surface area contributed by atoms with Gasteiger partial charge in [0.15, 0.2) is 0 Å². The van der Waals surface area contributed by atoms with E-state index in [0.29, 0.717) is 16.8 Å². The summed E-state index contributed by atoms with van der Waals surface area (Å²) in [7, 11) is 0. The van der Waals surface area contributed by atoms with E-state index in [1.165, 1.54) is 6.08 Å². The van der Waals surface area contributed by atoms with Crippen molar-refractivity contribution in [3.63, 3.8) is 0 Å². The third-order valence-corrected chi connectivity index (χ3v) is 2.95. The molecule has 0 saturated carbocycles. The molecular formula is C14H9NO2. The lowest BCUT2D eigenvalue weighted by molar-refractivity contribution is -0.111. The normalized spacial score (nSPS) is 14.7. The Labute approximate surface area is 97.5 Å². The van der Waals surface area contributed by atoms with Crippen molar-refractivity contribution in [2.75, 3.05) is 0 Å². The maximum absolute atomic E-state index is 11.8. The zero-order valence-electron chi connectivity index (χ0n) is 8.94. The van der Waals surface area contributed by atoms with Crippen LogP contribution in [-0.4, -0.2) is 11.6 Å². The number of ketones is 2. The van der Waals surface area contributed by atoms with Gasteiger partial charge in [-0.3, -0.25) is 9.59 Å². The van der Waals surface area contributed by atoms with Gasteiger partial charge in [-0.1, -0.05) is 24.3 Å². The van der Waals surface area contributed by atoms with Gasteiger partial charge in [-0.25, -0.2) is 0 Å². The summed E-state index contributed by atoms with van der Waals surface area (Å²) in [5, 5.41) is 1.94. The van der Waals surface area contributed by atoms with Crippen LogP contribution in [0, 0.1) is 0 Å². The fourth-order valence-corrected chi connectivity index (χ4v) is 2.08. The van der Waals surface area contributed by atoms with Crippen molar-refractivity contribution in [2.45, 2.75) is 0 Å². The van der Waals surface area contributed by atoms with E-state index in [1.807, 2.05) is 30.3 Å². The molecule has 0 fully saturated rings. The number of hydrogen-bond acceptors (Lipinski definition) is 3. The molecule has 0 spiro atoms. The van der Waals surface area contributed by atoms with Gasteiger partial charge in [-0.2, -0.15) is 0 Å². The minimum atomic E-state index is -0.551. The second-order valence-electron chi connectivity index (χ2n) is 4.04. The number of carbonyl (C=O) groups excluding carboxylic acids is 2. The molecule has 2 aromatic rings. The molecule has 0 radical (unpaired) electrons. The van der Waals surface area contributed by atoms with E-state index in [2.05, 4.69) is 0 Å². The first kappa shape index (κ1) is 9.78. The van der Waals surface area contributed by atoms with Gasteiger partial charge in [-0.15, -0.1) is 0 Å². The highest BCUT2D eigenvalue weighted by atomic mass is 16.2. The molecule has 0 saturated heterocycles. The van der Waals surface area contributed by atoms with E-state index in [1.54, 1.807) is 6.07 Å². The molecule has 17 heavy (non-hydrogen) atoms. The Bertz CT molecular complexity index is 698. The lowest BCUT2D eigenvalue weighted by Crippen LogP contribution is -2.21. The topological polar surface area (TPSA) is 60.2 Å². The maximum atomic E-state index is 11.8. The maximum Gasteiger partial charge on any atom is 0.233 e. The number of Topliss-reactive ketones (excluding diaryl/α,β-unsaturated/α-hetero) is 1. The van der Waals surface area contributed by atoms with Gasteiger partial charge in [0.2, 0.25) is 11.6 Å². The summed E-state index contributed by atoms with van der Waals surface area (Å²) in [5.41, 5.74) is 7.18. The molecular weight excluding hydrogens is 214 g/mol. The molecule has 1 aliphatic carbocycles. The zero-order chi connectivity index (χ0) is 12.0.